The van der Waals surface area contributed by atoms with Gasteiger partial charge in [-0.25, -0.2) is 0 Å². The maximum atomic E-state index is 5.84. The Hall–Kier alpha value is -1.88. The smallest absolute Gasteiger partial charge is 0.127 e. The average Bonchev–Trinajstić information content (AvgIpc) is 2.48. The van der Waals surface area contributed by atoms with Gasteiger partial charge >= 0.3 is 0 Å². The highest BCUT2D eigenvalue weighted by Gasteiger charge is 2.04. The molecule has 2 aromatic rings. The minimum absolute atomic E-state index is 0.424. The highest BCUT2D eigenvalue weighted by molar-refractivity contribution is 9.10. The molecular formula is C15H16BrNO3. The van der Waals surface area contributed by atoms with E-state index in [0.29, 0.717) is 29.5 Å². The molecule has 2 aromatic carbocycles. The van der Waals surface area contributed by atoms with Crippen LogP contribution in [0, 0.1) is 0 Å². The number of nitrogens with two attached hydrogens (primary N) is 1. The zero-order valence-electron chi connectivity index (χ0n) is 11.4. The Balaban J connectivity index is 2.11. The van der Waals surface area contributed by atoms with Crippen LogP contribution in [-0.2, 0) is 6.61 Å². The van der Waals surface area contributed by atoms with Crippen molar-refractivity contribution >= 4 is 21.6 Å². The van der Waals surface area contributed by atoms with Crippen molar-refractivity contribution in [2.24, 2.45) is 0 Å². The van der Waals surface area contributed by atoms with Crippen LogP contribution in [0.1, 0.15) is 5.56 Å². The Kier molecular flexibility index (Phi) is 4.74. The highest BCUT2D eigenvalue weighted by Crippen LogP contribution is 2.28. The van der Waals surface area contributed by atoms with E-state index >= 15 is 0 Å². The lowest BCUT2D eigenvalue weighted by Gasteiger charge is -2.11. The second-order valence-corrected chi connectivity index (χ2v) is 5.05. The Labute approximate surface area is 126 Å². The molecule has 0 saturated heterocycles. The normalized spacial score (nSPS) is 10.2. The fourth-order valence-electron chi connectivity index (χ4n) is 1.71. The number of rotatable bonds is 5. The fourth-order valence-corrected chi connectivity index (χ4v) is 1.96. The van der Waals surface area contributed by atoms with E-state index in [4.69, 9.17) is 19.9 Å². The molecule has 0 saturated carbocycles. The zero-order chi connectivity index (χ0) is 14.5. The number of hydrogen-bond acceptors (Lipinski definition) is 4. The van der Waals surface area contributed by atoms with Gasteiger partial charge in [-0.3, -0.25) is 0 Å². The van der Waals surface area contributed by atoms with Gasteiger partial charge in [0.15, 0.2) is 0 Å². The Morgan fingerprint density at radius 1 is 0.950 bits per heavy atom. The van der Waals surface area contributed by atoms with Gasteiger partial charge in [0, 0.05) is 28.4 Å². The number of halogens is 1. The van der Waals surface area contributed by atoms with Gasteiger partial charge in [0.1, 0.15) is 23.9 Å². The lowest BCUT2D eigenvalue weighted by Crippen LogP contribution is -1.98. The molecule has 2 N–H and O–H groups in total. The molecule has 2 rings (SSSR count). The molecule has 0 amide bonds. The molecule has 0 unspecified atom stereocenters. The predicted molar refractivity (Wildman–Crippen MR) is 82.4 cm³/mol. The van der Waals surface area contributed by atoms with Crippen molar-refractivity contribution in [3.05, 3.63) is 46.4 Å². The number of methoxy groups -OCH3 is 2. The molecule has 5 heteroatoms. The van der Waals surface area contributed by atoms with Gasteiger partial charge in [-0.05, 0) is 33.6 Å². The molecule has 0 heterocycles. The third-order valence-electron chi connectivity index (χ3n) is 2.79. The summed E-state index contributed by atoms with van der Waals surface area (Å²) in [6.45, 7) is 0.424. The van der Waals surface area contributed by atoms with Crippen molar-refractivity contribution in [3.8, 4) is 17.2 Å². The molecule has 0 fully saturated rings. The molecule has 0 aliphatic carbocycles. The van der Waals surface area contributed by atoms with Crippen LogP contribution in [0.15, 0.2) is 40.9 Å². The van der Waals surface area contributed by atoms with Gasteiger partial charge in [-0.2, -0.15) is 0 Å². The number of nitrogen functional groups attached to an aromatic ring is 1. The summed E-state index contributed by atoms with van der Waals surface area (Å²) in [4.78, 5) is 0. The molecule has 0 aliphatic heterocycles. The Bertz CT molecular complexity index is 579. The number of hydrogen-bond donors (Lipinski definition) is 1. The fraction of sp³-hybridized carbons (Fsp3) is 0.200. The van der Waals surface area contributed by atoms with Crippen molar-refractivity contribution in [2.75, 3.05) is 20.0 Å². The van der Waals surface area contributed by atoms with E-state index in [2.05, 4.69) is 15.9 Å². The average molecular weight is 338 g/mol. The Morgan fingerprint density at radius 3 is 2.10 bits per heavy atom. The van der Waals surface area contributed by atoms with E-state index in [0.717, 1.165) is 10.0 Å². The summed E-state index contributed by atoms with van der Waals surface area (Å²) in [7, 11) is 3.21. The summed E-state index contributed by atoms with van der Waals surface area (Å²) in [6.07, 6.45) is 0. The van der Waals surface area contributed by atoms with Crippen LogP contribution < -0.4 is 19.9 Å². The molecule has 106 valence electrons. The lowest BCUT2D eigenvalue weighted by atomic mass is 10.2. The lowest BCUT2D eigenvalue weighted by molar-refractivity contribution is 0.300. The number of ether oxygens (including phenoxy) is 3. The topological polar surface area (TPSA) is 53.7 Å². The minimum atomic E-state index is 0.424. The van der Waals surface area contributed by atoms with Gasteiger partial charge in [-0.15, -0.1) is 0 Å². The van der Waals surface area contributed by atoms with Crippen molar-refractivity contribution in [1.82, 2.24) is 0 Å². The highest BCUT2D eigenvalue weighted by atomic mass is 79.9. The third-order valence-corrected chi connectivity index (χ3v) is 3.51. The van der Waals surface area contributed by atoms with Crippen molar-refractivity contribution in [1.29, 1.82) is 0 Å². The molecule has 0 aliphatic rings. The number of anilines is 1. The molecule has 4 nitrogen and oxygen atoms in total. The summed E-state index contributed by atoms with van der Waals surface area (Å²) in [5.41, 5.74) is 7.52. The molecule has 0 radical (unpaired) electrons. The van der Waals surface area contributed by atoms with Gasteiger partial charge in [0.2, 0.25) is 0 Å². The van der Waals surface area contributed by atoms with Gasteiger partial charge in [0.05, 0.1) is 14.2 Å². The standard InChI is InChI=1S/C15H16BrNO3/c1-18-11-6-12(19-2)8-13(7-11)20-9-10-3-4-14(16)15(17)5-10/h3-8H,9,17H2,1-2H3. The Morgan fingerprint density at radius 2 is 1.55 bits per heavy atom. The van der Waals surface area contributed by atoms with Crippen LogP contribution in [0.25, 0.3) is 0 Å². The first-order chi connectivity index (χ1) is 9.62. The minimum Gasteiger partial charge on any atom is -0.496 e. The first-order valence-electron chi connectivity index (χ1n) is 6.02. The van der Waals surface area contributed by atoms with E-state index < -0.39 is 0 Å². The largest absolute Gasteiger partial charge is 0.496 e. The maximum Gasteiger partial charge on any atom is 0.127 e. The predicted octanol–water partition coefficient (Wildman–Crippen LogP) is 3.63. The second kappa shape index (κ2) is 6.52. The van der Waals surface area contributed by atoms with Crippen LogP contribution >= 0.6 is 15.9 Å². The number of benzene rings is 2. The van der Waals surface area contributed by atoms with E-state index in [-0.39, 0.29) is 0 Å². The van der Waals surface area contributed by atoms with E-state index in [9.17, 15) is 0 Å². The summed E-state index contributed by atoms with van der Waals surface area (Å²) >= 11 is 3.36. The molecule has 20 heavy (non-hydrogen) atoms. The molecular weight excluding hydrogens is 322 g/mol. The van der Waals surface area contributed by atoms with Crippen LogP contribution in [0.2, 0.25) is 0 Å². The van der Waals surface area contributed by atoms with Crippen LogP contribution in [0.3, 0.4) is 0 Å². The van der Waals surface area contributed by atoms with Crippen LogP contribution in [0.5, 0.6) is 17.2 Å². The maximum absolute atomic E-state index is 5.84. The van der Waals surface area contributed by atoms with E-state index in [1.807, 2.05) is 30.3 Å². The quantitative estimate of drug-likeness (QED) is 0.846. The van der Waals surface area contributed by atoms with Crippen molar-refractivity contribution in [3.63, 3.8) is 0 Å². The first-order valence-corrected chi connectivity index (χ1v) is 6.81. The van der Waals surface area contributed by atoms with Crippen LogP contribution in [0.4, 0.5) is 5.69 Å². The SMILES string of the molecule is COc1cc(OC)cc(OCc2ccc(Br)c(N)c2)c1. The van der Waals surface area contributed by atoms with Crippen molar-refractivity contribution < 1.29 is 14.2 Å². The third kappa shape index (κ3) is 3.57. The monoisotopic (exact) mass is 337 g/mol. The summed E-state index contributed by atoms with van der Waals surface area (Å²) in [6, 6.07) is 11.2. The van der Waals surface area contributed by atoms with E-state index in [1.54, 1.807) is 20.3 Å². The van der Waals surface area contributed by atoms with Crippen LogP contribution in [-0.4, -0.2) is 14.2 Å². The van der Waals surface area contributed by atoms with Crippen molar-refractivity contribution in [2.45, 2.75) is 6.61 Å². The second-order valence-electron chi connectivity index (χ2n) is 4.19. The summed E-state index contributed by atoms with van der Waals surface area (Å²) in [5.74, 6) is 2.06. The van der Waals surface area contributed by atoms with Gasteiger partial charge in [0.25, 0.3) is 0 Å². The van der Waals surface area contributed by atoms with E-state index in [1.165, 1.54) is 0 Å². The molecule has 0 spiro atoms. The molecule has 0 aromatic heterocycles. The molecule has 0 bridgehead atoms. The van der Waals surface area contributed by atoms with Gasteiger partial charge in [-0.1, -0.05) is 6.07 Å². The summed E-state index contributed by atoms with van der Waals surface area (Å²) < 4.78 is 17.0. The van der Waals surface area contributed by atoms with Gasteiger partial charge < -0.3 is 19.9 Å². The zero-order valence-corrected chi connectivity index (χ0v) is 12.9. The first kappa shape index (κ1) is 14.5. The summed E-state index contributed by atoms with van der Waals surface area (Å²) in [5, 5.41) is 0. The molecule has 0 atom stereocenters.